The highest BCUT2D eigenvalue weighted by Gasteiger charge is 2.44. The van der Waals surface area contributed by atoms with Crippen LogP contribution < -0.4 is 0 Å². The van der Waals surface area contributed by atoms with Crippen molar-refractivity contribution in [3.05, 3.63) is 70.8 Å². The van der Waals surface area contributed by atoms with Gasteiger partial charge in [0.2, 0.25) is 5.60 Å². The molecule has 0 radical (unpaired) electrons. The van der Waals surface area contributed by atoms with E-state index in [0.29, 0.717) is 11.1 Å². The van der Waals surface area contributed by atoms with E-state index >= 15 is 0 Å². The summed E-state index contributed by atoms with van der Waals surface area (Å²) in [6, 6.07) is 14.8. The predicted octanol–water partition coefficient (Wildman–Crippen LogP) is 3.28. The van der Waals surface area contributed by atoms with Crippen LogP contribution in [0.3, 0.4) is 0 Å². The summed E-state index contributed by atoms with van der Waals surface area (Å²) in [5.41, 5.74) is 1.64. The van der Waals surface area contributed by atoms with Gasteiger partial charge in [0.25, 0.3) is 0 Å². The standard InChI is InChI=1S/C17H18O3/c1-12-8-7-9-13(2)15(12)17(20-3,16(18)19)14-10-5-4-6-11-14/h4-11H,1-3H3,(H,18,19). The molecule has 0 bridgehead atoms. The Morgan fingerprint density at radius 2 is 1.55 bits per heavy atom. The summed E-state index contributed by atoms with van der Waals surface area (Å²) in [7, 11) is 1.44. The van der Waals surface area contributed by atoms with Crippen molar-refractivity contribution in [3.63, 3.8) is 0 Å². The molecule has 0 aliphatic carbocycles. The van der Waals surface area contributed by atoms with E-state index in [9.17, 15) is 9.90 Å². The first-order valence-corrected chi connectivity index (χ1v) is 6.44. The number of methoxy groups -OCH3 is 1. The number of aliphatic carboxylic acids is 1. The first kappa shape index (κ1) is 14.3. The van der Waals surface area contributed by atoms with E-state index in [4.69, 9.17) is 4.74 Å². The van der Waals surface area contributed by atoms with Gasteiger partial charge in [0.15, 0.2) is 0 Å². The average Bonchev–Trinajstić information content (AvgIpc) is 2.44. The van der Waals surface area contributed by atoms with Gasteiger partial charge in [-0.15, -0.1) is 0 Å². The van der Waals surface area contributed by atoms with E-state index in [1.54, 1.807) is 12.1 Å². The van der Waals surface area contributed by atoms with Crippen molar-refractivity contribution in [2.75, 3.05) is 7.11 Å². The van der Waals surface area contributed by atoms with E-state index in [-0.39, 0.29) is 0 Å². The highest BCUT2D eigenvalue weighted by molar-refractivity contribution is 5.85. The fourth-order valence-electron chi connectivity index (χ4n) is 2.72. The van der Waals surface area contributed by atoms with E-state index < -0.39 is 11.6 Å². The number of ether oxygens (including phenoxy) is 1. The smallest absolute Gasteiger partial charge is 0.345 e. The topological polar surface area (TPSA) is 46.5 Å². The van der Waals surface area contributed by atoms with Crippen LogP contribution in [0.4, 0.5) is 0 Å². The van der Waals surface area contributed by atoms with Crippen molar-refractivity contribution in [1.82, 2.24) is 0 Å². The number of aryl methyl sites for hydroxylation is 2. The fourth-order valence-corrected chi connectivity index (χ4v) is 2.72. The van der Waals surface area contributed by atoms with Gasteiger partial charge in [0, 0.05) is 12.7 Å². The lowest BCUT2D eigenvalue weighted by Crippen LogP contribution is -2.40. The molecule has 2 aromatic rings. The Hall–Kier alpha value is -2.13. The van der Waals surface area contributed by atoms with Crippen molar-refractivity contribution in [3.8, 4) is 0 Å². The molecule has 0 aliphatic rings. The molecule has 3 heteroatoms. The molecule has 2 aromatic carbocycles. The Morgan fingerprint density at radius 1 is 1.00 bits per heavy atom. The Bertz CT molecular complexity index is 599. The average molecular weight is 270 g/mol. The number of hydrogen-bond acceptors (Lipinski definition) is 2. The molecule has 0 amide bonds. The molecule has 0 fully saturated rings. The van der Waals surface area contributed by atoms with E-state index in [1.165, 1.54) is 7.11 Å². The molecule has 0 aromatic heterocycles. The molecular weight excluding hydrogens is 252 g/mol. The lowest BCUT2D eigenvalue weighted by molar-refractivity contribution is -0.158. The number of carbonyl (C=O) groups is 1. The Balaban J connectivity index is 2.81. The highest BCUT2D eigenvalue weighted by atomic mass is 16.5. The van der Waals surface area contributed by atoms with Crippen LogP contribution in [0.25, 0.3) is 0 Å². The van der Waals surface area contributed by atoms with Gasteiger partial charge in [-0.05, 0) is 30.5 Å². The molecule has 2 rings (SSSR count). The largest absolute Gasteiger partial charge is 0.479 e. The first-order chi connectivity index (χ1) is 9.54. The number of carboxylic acid groups (broad SMARTS) is 1. The third-order valence-corrected chi connectivity index (χ3v) is 3.62. The van der Waals surface area contributed by atoms with E-state index in [2.05, 4.69) is 0 Å². The molecule has 1 unspecified atom stereocenters. The quantitative estimate of drug-likeness (QED) is 0.927. The second kappa shape index (κ2) is 5.47. The molecular formula is C17H18O3. The summed E-state index contributed by atoms with van der Waals surface area (Å²) >= 11 is 0. The zero-order chi connectivity index (χ0) is 14.8. The molecule has 20 heavy (non-hydrogen) atoms. The maximum atomic E-state index is 12.0. The van der Waals surface area contributed by atoms with Gasteiger partial charge in [0.05, 0.1) is 0 Å². The zero-order valence-electron chi connectivity index (χ0n) is 11.9. The monoisotopic (exact) mass is 270 g/mol. The molecule has 104 valence electrons. The second-order valence-corrected chi connectivity index (χ2v) is 4.82. The molecule has 1 atom stereocenters. The normalized spacial score (nSPS) is 13.8. The lowest BCUT2D eigenvalue weighted by atomic mass is 9.81. The maximum Gasteiger partial charge on any atom is 0.345 e. The van der Waals surface area contributed by atoms with Gasteiger partial charge in [-0.3, -0.25) is 0 Å². The van der Waals surface area contributed by atoms with Crippen molar-refractivity contribution in [2.24, 2.45) is 0 Å². The van der Waals surface area contributed by atoms with Crippen LogP contribution in [-0.2, 0) is 15.1 Å². The molecule has 0 heterocycles. The van der Waals surface area contributed by atoms with Crippen LogP contribution in [0.2, 0.25) is 0 Å². The molecule has 1 N–H and O–H groups in total. The summed E-state index contributed by atoms with van der Waals surface area (Å²) < 4.78 is 5.53. The summed E-state index contributed by atoms with van der Waals surface area (Å²) in [4.78, 5) is 12.0. The molecule has 0 aliphatic heterocycles. The molecule has 0 spiro atoms. The Morgan fingerprint density at radius 3 is 2.00 bits per heavy atom. The lowest BCUT2D eigenvalue weighted by Gasteiger charge is -2.31. The third-order valence-electron chi connectivity index (χ3n) is 3.62. The Labute approximate surface area is 118 Å². The summed E-state index contributed by atoms with van der Waals surface area (Å²) in [6.07, 6.45) is 0. The van der Waals surface area contributed by atoms with Gasteiger partial charge in [0.1, 0.15) is 0 Å². The maximum absolute atomic E-state index is 12.0. The Kier molecular flexibility index (Phi) is 3.91. The van der Waals surface area contributed by atoms with E-state index in [1.807, 2.05) is 50.2 Å². The minimum atomic E-state index is -1.48. The fraction of sp³-hybridized carbons (Fsp3) is 0.235. The van der Waals surface area contributed by atoms with Crippen LogP contribution in [0.1, 0.15) is 22.3 Å². The highest BCUT2D eigenvalue weighted by Crippen LogP contribution is 2.37. The second-order valence-electron chi connectivity index (χ2n) is 4.82. The zero-order valence-corrected chi connectivity index (χ0v) is 11.9. The molecule has 0 saturated heterocycles. The van der Waals surface area contributed by atoms with Crippen molar-refractivity contribution < 1.29 is 14.6 Å². The van der Waals surface area contributed by atoms with Gasteiger partial charge < -0.3 is 9.84 Å². The molecule has 0 saturated carbocycles. The van der Waals surface area contributed by atoms with Crippen LogP contribution in [0, 0.1) is 13.8 Å². The number of carboxylic acids is 1. The molecule has 3 nitrogen and oxygen atoms in total. The minimum absolute atomic E-state index is 0.618. The first-order valence-electron chi connectivity index (χ1n) is 6.44. The number of hydrogen-bond donors (Lipinski definition) is 1. The van der Waals surface area contributed by atoms with Crippen LogP contribution in [-0.4, -0.2) is 18.2 Å². The van der Waals surface area contributed by atoms with Crippen molar-refractivity contribution >= 4 is 5.97 Å². The number of rotatable bonds is 4. The van der Waals surface area contributed by atoms with Gasteiger partial charge in [-0.25, -0.2) is 4.79 Å². The van der Waals surface area contributed by atoms with Crippen LogP contribution >= 0.6 is 0 Å². The van der Waals surface area contributed by atoms with Crippen molar-refractivity contribution in [2.45, 2.75) is 19.4 Å². The third kappa shape index (κ3) is 2.10. The van der Waals surface area contributed by atoms with E-state index in [0.717, 1.165) is 11.1 Å². The van der Waals surface area contributed by atoms with Crippen molar-refractivity contribution in [1.29, 1.82) is 0 Å². The summed E-state index contributed by atoms with van der Waals surface area (Å²) in [5.74, 6) is -1.01. The SMILES string of the molecule is COC(C(=O)O)(c1ccccc1)c1c(C)cccc1C. The van der Waals surface area contributed by atoms with Gasteiger partial charge in [-0.1, -0.05) is 48.5 Å². The number of benzene rings is 2. The summed E-state index contributed by atoms with van der Waals surface area (Å²) in [6.45, 7) is 3.81. The summed E-state index contributed by atoms with van der Waals surface area (Å²) in [5, 5.41) is 9.85. The van der Waals surface area contributed by atoms with Gasteiger partial charge >= 0.3 is 5.97 Å². The minimum Gasteiger partial charge on any atom is -0.479 e. The predicted molar refractivity (Wildman–Crippen MR) is 77.8 cm³/mol. The van der Waals surface area contributed by atoms with Crippen LogP contribution in [0.5, 0.6) is 0 Å². The van der Waals surface area contributed by atoms with Crippen LogP contribution in [0.15, 0.2) is 48.5 Å². The van der Waals surface area contributed by atoms with Gasteiger partial charge in [-0.2, -0.15) is 0 Å².